The average molecular weight is 382 g/mol. The fourth-order valence-electron chi connectivity index (χ4n) is 2.79. The average Bonchev–Trinajstić information content (AvgIpc) is 2.99. The highest BCUT2D eigenvalue weighted by molar-refractivity contribution is 9.10. The summed E-state index contributed by atoms with van der Waals surface area (Å²) in [7, 11) is -3.58. The van der Waals surface area contributed by atoms with Gasteiger partial charge in [0.1, 0.15) is 0 Å². The van der Waals surface area contributed by atoms with E-state index in [-0.39, 0.29) is 11.1 Å². The van der Waals surface area contributed by atoms with Crippen LogP contribution in [-0.2, 0) is 16.4 Å². The molecule has 0 N–H and O–H groups in total. The monoisotopic (exact) mass is 381 g/mol. The molecule has 5 nitrogen and oxygen atoms in total. The van der Waals surface area contributed by atoms with E-state index >= 15 is 0 Å². The van der Waals surface area contributed by atoms with Gasteiger partial charge in [0.25, 0.3) is 10.0 Å². The van der Waals surface area contributed by atoms with Crippen LogP contribution in [0.3, 0.4) is 0 Å². The molecule has 1 aromatic heterocycles. The lowest BCUT2D eigenvalue weighted by molar-refractivity contribution is 0.383. The number of sulfonamides is 1. The van der Waals surface area contributed by atoms with Gasteiger partial charge in [-0.25, -0.2) is 13.4 Å². The molecule has 3 rings (SSSR count). The highest BCUT2D eigenvalue weighted by Crippen LogP contribution is 2.29. The summed E-state index contributed by atoms with van der Waals surface area (Å²) in [4.78, 5) is 7.82. The first-order valence-electron chi connectivity index (χ1n) is 7.10. The SMILES string of the molecule is O=S(=O)(c1cnccn1)N1CCCC1Cc1ccccc1Br. The highest BCUT2D eigenvalue weighted by Gasteiger charge is 2.36. The number of aromatic nitrogens is 2. The number of benzene rings is 1. The first-order chi connectivity index (χ1) is 10.6. The first-order valence-corrected chi connectivity index (χ1v) is 9.33. The van der Waals surface area contributed by atoms with Gasteiger partial charge in [0.2, 0.25) is 0 Å². The molecule has 116 valence electrons. The first kappa shape index (κ1) is 15.6. The summed E-state index contributed by atoms with van der Waals surface area (Å²) in [5.74, 6) is 0. The number of halogens is 1. The van der Waals surface area contributed by atoms with Gasteiger partial charge in [-0.2, -0.15) is 4.31 Å². The van der Waals surface area contributed by atoms with Crippen LogP contribution in [0.2, 0.25) is 0 Å². The quantitative estimate of drug-likeness (QED) is 0.816. The van der Waals surface area contributed by atoms with Gasteiger partial charge in [0.05, 0.1) is 6.20 Å². The topological polar surface area (TPSA) is 63.2 Å². The molecule has 7 heteroatoms. The maximum Gasteiger partial charge on any atom is 0.262 e. The van der Waals surface area contributed by atoms with Crippen LogP contribution < -0.4 is 0 Å². The third-order valence-electron chi connectivity index (χ3n) is 3.85. The Kier molecular flexibility index (Phi) is 4.56. The van der Waals surface area contributed by atoms with Crippen molar-refractivity contribution < 1.29 is 8.42 Å². The second-order valence-electron chi connectivity index (χ2n) is 5.25. The number of hydrogen-bond donors (Lipinski definition) is 0. The molecule has 2 aromatic rings. The maximum atomic E-state index is 12.7. The van der Waals surface area contributed by atoms with Gasteiger partial charge in [-0.3, -0.25) is 4.98 Å². The summed E-state index contributed by atoms with van der Waals surface area (Å²) in [5, 5.41) is 0.0222. The number of rotatable bonds is 4. The summed E-state index contributed by atoms with van der Waals surface area (Å²) < 4.78 is 28.0. The molecule has 1 aromatic carbocycles. The molecule has 0 aliphatic carbocycles. The van der Waals surface area contributed by atoms with Crippen LogP contribution in [0, 0.1) is 0 Å². The Morgan fingerprint density at radius 1 is 1.27 bits per heavy atom. The molecule has 1 saturated heterocycles. The van der Waals surface area contributed by atoms with E-state index in [9.17, 15) is 8.42 Å². The van der Waals surface area contributed by atoms with E-state index in [1.807, 2.05) is 24.3 Å². The minimum absolute atomic E-state index is 0.0222. The largest absolute Gasteiger partial charge is 0.262 e. The van der Waals surface area contributed by atoms with E-state index in [4.69, 9.17) is 0 Å². The van der Waals surface area contributed by atoms with Crippen LogP contribution in [0.15, 0.2) is 52.4 Å². The fourth-order valence-corrected chi connectivity index (χ4v) is 4.80. The molecule has 1 atom stereocenters. The van der Waals surface area contributed by atoms with Crippen molar-refractivity contribution >= 4 is 26.0 Å². The highest BCUT2D eigenvalue weighted by atomic mass is 79.9. The van der Waals surface area contributed by atoms with Crippen molar-refractivity contribution in [3.63, 3.8) is 0 Å². The Morgan fingerprint density at radius 2 is 2.09 bits per heavy atom. The molecule has 1 aliphatic heterocycles. The Bertz CT molecular complexity index is 752. The zero-order valence-corrected chi connectivity index (χ0v) is 14.3. The molecule has 22 heavy (non-hydrogen) atoms. The lowest BCUT2D eigenvalue weighted by atomic mass is 10.1. The Morgan fingerprint density at radius 3 is 2.82 bits per heavy atom. The van der Waals surface area contributed by atoms with Gasteiger partial charge >= 0.3 is 0 Å². The van der Waals surface area contributed by atoms with E-state index in [1.165, 1.54) is 18.6 Å². The van der Waals surface area contributed by atoms with Crippen LogP contribution in [-0.4, -0.2) is 35.3 Å². The van der Waals surface area contributed by atoms with Crippen molar-refractivity contribution in [3.8, 4) is 0 Å². The van der Waals surface area contributed by atoms with Crippen molar-refractivity contribution in [2.24, 2.45) is 0 Å². The predicted octanol–water partition coefficient (Wildman–Crippen LogP) is 2.63. The van der Waals surface area contributed by atoms with Crippen LogP contribution in [0.5, 0.6) is 0 Å². The van der Waals surface area contributed by atoms with Gasteiger partial charge in [0.15, 0.2) is 5.03 Å². The minimum atomic E-state index is -3.58. The normalized spacial score (nSPS) is 19.4. The van der Waals surface area contributed by atoms with Crippen molar-refractivity contribution in [3.05, 3.63) is 52.9 Å². The smallest absolute Gasteiger partial charge is 0.260 e. The molecule has 1 fully saturated rings. The van der Waals surface area contributed by atoms with Crippen molar-refractivity contribution in [2.45, 2.75) is 30.3 Å². The molecule has 0 saturated carbocycles. The van der Waals surface area contributed by atoms with Crippen molar-refractivity contribution in [1.82, 2.24) is 14.3 Å². The Balaban J connectivity index is 1.86. The second kappa shape index (κ2) is 6.44. The van der Waals surface area contributed by atoms with Crippen LogP contribution in [0.25, 0.3) is 0 Å². The van der Waals surface area contributed by atoms with Crippen molar-refractivity contribution in [2.75, 3.05) is 6.54 Å². The van der Waals surface area contributed by atoms with Gasteiger partial charge in [-0.15, -0.1) is 0 Å². The lowest BCUT2D eigenvalue weighted by Gasteiger charge is -2.23. The third-order valence-corrected chi connectivity index (χ3v) is 6.46. The fraction of sp³-hybridized carbons (Fsp3) is 0.333. The predicted molar refractivity (Wildman–Crippen MR) is 86.8 cm³/mol. The molecule has 2 heterocycles. The standard InChI is InChI=1S/C15H16BrN3O2S/c16-14-6-2-1-4-12(14)10-13-5-3-9-19(13)22(20,21)15-11-17-7-8-18-15/h1-2,4,6-8,11,13H,3,5,9-10H2. The summed E-state index contributed by atoms with van der Waals surface area (Å²) in [6, 6.07) is 7.89. The van der Waals surface area contributed by atoms with Gasteiger partial charge in [-0.05, 0) is 30.9 Å². The van der Waals surface area contributed by atoms with E-state index < -0.39 is 10.0 Å². The van der Waals surface area contributed by atoms with Crippen LogP contribution >= 0.6 is 15.9 Å². The summed E-state index contributed by atoms with van der Waals surface area (Å²) >= 11 is 3.53. The molecular weight excluding hydrogens is 366 g/mol. The number of hydrogen-bond acceptors (Lipinski definition) is 4. The Labute approximate surface area is 138 Å². The van der Waals surface area contributed by atoms with Crippen LogP contribution in [0.1, 0.15) is 18.4 Å². The molecule has 1 aliphatic rings. The van der Waals surface area contributed by atoms with E-state index in [1.54, 1.807) is 4.31 Å². The molecular formula is C15H16BrN3O2S. The van der Waals surface area contributed by atoms with E-state index in [0.29, 0.717) is 13.0 Å². The number of nitrogens with zero attached hydrogens (tertiary/aromatic N) is 3. The summed E-state index contributed by atoms with van der Waals surface area (Å²) in [6.45, 7) is 0.536. The van der Waals surface area contributed by atoms with Crippen LogP contribution in [0.4, 0.5) is 0 Å². The molecule has 0 spiro atoms. The molecule has 0 bridgehead atoms. The van der Waals surface area contributed by atoms with Gasteiger partial charge in [0, 0.05) is 29.5 Å². The zero-order valence-electron chi connectivity index (χ0n) is 11.9. The lowest BCUT2D eigenvalue weighted by Crippen LogP contribution is -2.37. The van der Waals surface area contributed by atoms with E-state index in [0.717, 1.165) is 22.9 Å². The minimum Gasteiger partial charge on any atom is -0.260 e. The third kappa shape index (κ3) is 3.06. The maximum absolute atomic E-state index is 12.7. The summed E-state index contributed by atoms with van der Waals surface area (Å²) in [6.07, 6.45) is 6.62. The molecule has 0 amide bonds. The van der Waals surface area contributed by atoms with E-state index in [2.05, 4.69) is 25.9 Å². The van der Waals surface area contributed by atoms with Crippen molar-refractivity contribution in [1.29, 1.82) is 0 Å². The Hall–Kier alpha value is -1.31. The molecule has 1 unspecified atom stereocenters. The van der Waals surface area contributed by atoms with Gasteiger partial charge in [-0.1, -0.05) is 34.1 Å². The zero-order chi connectivity index (χ0) is 15.6. The molecule has 0 radical (unpaired) electrons. The van der Waals surface area contributed by atoms with Gasteiger partial charge < -0.3 is 0 Å². The second-order valence-corrected chi connectivity index (χ2v) is 7.94. The summed E-state index contributed by atoms with van der Waals surface area (Å²) in [5.41, 5.74) is 1.12.